The minimum atomic E-state index is -0.303. The molecule has 0 aromatic heterocycles. The summed E-state index contributed by atoms with van der Waals surface area (Å²) < 4.78 is 5.35. The number of nitrogens with one attached hydrogen (secondary N) is 1. The summed E-state index contributed by atoms with van der Waals surface area (Å²) in [6.07, 6.45) is 10.0. The lowest BCUT2D eigenvalue weighted by Crippen LogP contribution is -2.30. The van der Waals surface area contributed by atoms with Crippen LogP contribution in [0.5, 0.6) is 0 Å². The average molecular weight is 226 g/mol. The van der Waals surface area contributed by atoms with E-state index in [1.807, 2.05) is 0 Å². The number of hydrogen-bond acceptors (Lipinski definition) is 3. The molecule has 0 fully saturated rings. The topological polar surface area (TPSA) is 64.3 Å². The van der Waals surface area contributed by atoms with Crippen LogP contribution >= 0.6 is 0 Å². The molecular formula is C12H22N2O2. The molecule has 1 atom stereocenters. The second-order valence-corrected chi connectivity index (χ2v) is 4.08. The minimum Gasteiger partial charge on any atom is -0.446 e. The second kappa shape index (κ2) is 8.16. The summed E-state index contributed by atoms with van der Waals surface area (Å²) in [4.78, 5) is 11.4. The Kier molecular flexibility index (Phi) is 6.65. The standard InChI is InChI=1S/C12H22N2O2/c13-9-6-10-14-12(15)16-11-7-4-2-1-3-5-8-11/h1-2,11H,3-10,13H2,(H,14,15). The van der Waals surface area contributed by atoms with E-state index in [0.717, 1.165) is 38.5 Å². The number of alkyl carbamates (subject to hydrolysis) is 1. The van der Waals surface area contributed by atoms with Gasteiger partial charge in [0.05, 0.1) is 0 Å². The normalized spacial score (nSPS) is 20.9. The molecule has 1 unspecified atom stereocenters. The number of amides is 1. The molecule has 0 aliphatic heterocycles. The SMILES string of the molecule is NCCCNC(=O)OC1CCC=CCCC1. The number of allylic oxidation sites excluding steroid dienone is 2. The van der Waals surface area contributed by atoms with Gasteiger partial charge in [-0.2, -0.15) is 0 Å². The third-order valence-corrected chi connectivity index (χ3v) is 2.64. The fourth-order valence-electron chi connectivity index (χ4n) is 1.73. The quantitative estimate of drug-likeness (QED) is 0.569. The van der Waals surface area contributed by atoms with Crippen LogP contribution < -0.4 is 11.1 Å². The summed E-state index contributed by atoms with van der Waals surface area (Å²) in [5.74, 6) is 0. The Morgan fingerprint density at radius 2 is 2.19 bits per heavy atom. The number of hydrogen-bond donors (Lipinski definition) is 2. The number of ether oxygens (including phenoxy) is 1. The molecule has 1 aliphatic rings. The zero-order valence-electron chi connectivity index (χ0n) is 9.78. The van der Waals surface area contributed by atoms with Crippen LogP contribution in [0.15, 0.2) is 12.2 Å². The van der Waals surface area contributed by atoms with E-state index >= 15 is 0 Å². The maximum absolute atomic E-state index is 11.4. The lowest BCUT2D eigenvalue weighted by Gasteiger charge is -2.18. The molecule has 16 heavy (non-hydrogen) atoms. The van der Waals surface area contributed by atoms with Crippen molar-refractivity contribution >= 4 is 6.09 Å². The maximum Gasteiger partial charge on any atom is 0.407 e. The van der Waals surface area contributed by atoms with Crippen LogP contribution in [-0.2, 0) is 4.74 Å². The molecule has 0 saturated heterocycles. The number of carbonyl (C=O) groups is 1. The van der Waals surface area contributed by atoms with Crippen molar-refractivity contribution in [2.45, 2.75) is 44.6 Å². The van der Waals surface area contributed by atoms with Crippen molar-refractivity contribution in [2.24, 2.45) is 5.73 Å². The number of rotatable bonds is 4. The van der Waals surface area contributed by atoms with Crippen molar-refractivity contribution < 1.29 is 9.53 Å². The van der Waals surface area contributed by atoms with Gasteiger partial charge in [-0.25, -0.2) is 4.79 Å². The Morgan fingerprint density at radius 3 is 3.00 bits per heavy atom. The molecule has 0 aromatic carbocycles. The third kappa shape index (κ3) is 5.75. The van der Waals surface area contributed by atoms with Gasteiger partial charge in [-0.3, -0.25) is 0 Å². The highest BCUT2D eigenvalue weighted by Crippen LogP contribution is 2.15. The van der Waals surface area contributed by atoms with E-state index in [-0.39, 0.29) is 12.2 Å². The Labute approximate surface area is 97.2 Å². The van der Waals surface area contributed by atoms with Gasteiger partial charge in [0.15, 0.2) is 0 Å². The molecule has 4 nitrogen and oxygen atoms in total. The zero-order valence-corrected chi connectivity index (χ0v) is 9.78. The molecule has 0 radical (unpaired) electrons. The van der Waals surface area contributed by atoms with Crippen LogP contribution in [-0.4, -0.2) is 25.3 Å². The van der Waals surface area contributed by atoms with Crippen LogP contribution in [0.1, 0.15) is 38.5 Å². The summed E-state index contributed by atoms with van der Waals surface area (Å²) in [5, 5.41) is 2.71. The predicted molar refractivity (Wildman–Crippen MR) is 64.2 cm³/mol. The smallest absolute Gasteiger partial charge is 0.407 e. The van der Waals surface area contributed by atoms with E-state index in [4.69, 9.17) is 10.5 Å². The molecule has 3 N–H and O–H groups in total. The van der Waals surface area contributed by atoms with Gasteiger partial charge in [0, 0.05) is 6.54 Å². The first kappa shape index (κ1) is 13.0. The molecule has 92 valence electrons. The Morgan fingerprint density at radius 1 is 1.38 bits per heavy atom. The van der Waals surface area contributed by atoms with Crippen LogP contribution in [0, 0.1) is 0 Å². The zero-order chi connectivity index (χ0) is 11.6. The number of nitrogens with two attached hydrogens (primary N) is 1. The first-order chi connectivity index (χ1) is 7.83. The van der Waals surface area contributed by atoms with Gasteiger partial charge in [-0.15, -0.1) is 0 Å². The van der Waals surface area contributed by atoms with Gasteiger partial charge in [0.1, 0.15) is 6.10 Å². The van der Waals surface area contributed by atoms with E-state index in [2.05, 4.69) is 17.5 Å². The fraction of sp³-hybridized carbons (Fsp3) is 0.750. The van der Waals surface area contributed by atoms with Gasteiger partial charge in [-0.1, -0.05) is 12.2 Å². The molecule has 0 bridgehead atoms. The van der Waals surface area contributed by atoms with Crippen LogP contribution in [0.2, 0.25) is 0 Å². The van der Waals surface area contributed by atoms with E-state index in [0.29, 0.717) is 13.1 Å². The molecule has 0 aromatic rings. The lowest BCUT2D eigenvalue weighted by atomic mass is 10.0. The van der Waals surface area contributed by atoms with Crippen molar-refractivity contribution in [2.75, 3.05) is 13.1 Å². The van der Waals surface area contributed by atoms with Gasteiger partial charge >= 0.3 is 6.09 Å². The van der Waals surface area contributed by atoms with Crippen molar-refractivity contribution in [3.05, 3.63) is 12.2 Å². The molecule has 0 heterocycles. The van der Waals surface area contributed by atoms with Crippen LogP contribution in [0.3, 0.4) is 0 Å². The minimum absolute atomic E-state index is 0.0721. The Balaban J connectivity index is 2.18. The summed E-state index contributed by atoms with van der Waals surface area (Å²) in [5.41, 5.74) is 5.34. The highest BCUT2D eigenvalue weighted by Gasteiger charge is 2.13. The molecule has 1 amide bonds. The van der Waals surface area contributed by atoms with E-state index in [1.165, 1.54) is 0 Å². The molecule has 0 spiro atoms. The van der Waals surface area contributed by atoms with Crippen LogP contribution in [0.25, 0.3) is 0 Å². The lowest BCUT2D eigenvalue weighted by molar-refractivity contribution is 0.0864. The predicted octanol–water partition coefficient (Wildman–Crippen LogP) is 1.95. The molecule has 0 saturated carbocycles. The summed E-state index contributed by atoms with van der Waals surface area (Å²) in [6, 6.07) is 0. The average Bonchev–Trinajstić information content (AvgIpc) is 2.22. The van der Waals surface area contributed by atoms with Gasteiger partial charge in [-0.05, 0) is 45.1 Å². The first-order valence-electron chi connectivity index (χ1n) is 6.12. The second-order valence-electron chi connectivity index (χ2n) is 4.08. The highest BCUT2D eigenvalue weighted by atomic mass is 16.6. The Hall–Kier alpha value is -1.03. The van der Waals surface area contributed by atoms with E-state index < -0.39 is 0 Å². The van der Waals surface area contributed by atoms with E-state index in [9.17, 15) is 4.79 Å². The molecular weight excluding hydrogens is 204 g/mol. The van der Waals surface area contributed by atoms with Gasteiger partial charge in [0.25, 0.3) is 0 Å². The van der Waals surface area contributed by atoms with Gasteiger partial charge in [0.2, 0.25) is 0 Å². The summed E-state index contributed by atoms with van der Waals surface area (Å²) in [7, 11) is 0. The van der Waals surface area contributed by atoms with E-state index in [1.54, 1.807) is 0 Å². The fourth-order valence-corrected chi connectivity index (χ4v) is 1.73. The largest absolute Gasteiger partial charge is 0.446 e. The monoisotopic (exact) mass is 226 g/mol. The Bertz CT molecular complexity index is 229. The third-order valence-electron chi connectivity index (χ3n) is 2.64. The van der Waals surface area contributed by atoms with Crippen LogP contribution in [0.4, 0.5) is 4.79 Å². The summed E-state index contributed by atoms with van der Waals surface area (Å²) >= 11 is 0. The summed E-state index contributed by atoms with van der Waals surface area (Å²) in [6.45, 7) is 1.19. The molecule has 4 heteroatoms. The van der Waals surface area contributed by atoms with Crippen molar-refractivity contribution in [3.63, 3.8) is 0 Å². The van der Waals surface area contributed by atoms with Crippen molar-refractivity contribution in [3.8, 4) is 0 Å². The van der Waals surface area contributed by atoms with Crippen molar-refractivity contribution in [1.29, 1.82) is 0 Å². The molecule has 1 aliphatic carbocycles. The maximum atomic E-state index is 11.4. The van der Waals surface area contributed by atoms with Gasteiger partial charge < -0.3 is 15.8 Å². The van der Waals surface area contributed by atoms with Crippen molar-refractivity contribution in [1.82, 2.24) is 5.32 Å². The molecule has 1 rings (SSSR count). The number of carbonyl (C=O) groups excluding carboxylic acids is 1. The highest BCUT2D eigenvalue weighted by molar-refractivity contribution is 5.67. The first-order valence-corrected chi connectivity index (χ1v) is 6.12.